The maximum absolute atomic E-state index is 13.0. The molecular formula is C14H17F6NO. The van der Waals surface area contributed by atoms with E-state index in [1.807, 2.05) is 0 Å². The smallest absolute Gasteiger partial charge is 0.391 e. The summed E-state index contributed by atoms with van der Waals surface area (Å²) in [5.41, 5.74) is 2.35. The molecule has 0 fully saturated rings. The first-order valence-electron chi connectivity index (χ1n) is 6.61. The number of rotatable bonds is 4. The van der Waals surface area contributed by atoms with Gasteiger partial charge in [-0.05, 0) is 29.7 Å². The molecule has 1 aromatic rings. The highest BCUT2D eigenvalue weighted by Crippen LogP contribution is 2.39. The van der Waals surface area contributed by atoms with Gasteiger partial charge in [-0.2, -0.15) is 26.3 Å². The first kappa shape index (κ1) is 18.8. The summed E-state index contributed by atoms with van der Waals surface area (Å²) in [6, 6.07) is -0.497. The van der Waals surface area contributed by atoms with Crippen molar-refractivity contribution in [3.8, 4) is 0 Å². The molecule has 1 unspecified atom stereocenters. The maximum Gasteiger partial charge on any atom is 0.416 e. The van der Waals surface area contributed by atoms with Crippen molar-refractivity contribution in [3.63, 3.8) is 0 Å². The normalized spacial score (nSPS) is 17.2. The molecule has 0 saturated heterocycles. The van der Waals surface area contributed by atoms with Gasteiger partial charge in [0.2, 0.25) is 0 Å². The van der Waals surface area contributed by atoms with Gasteiger partial charge in [0.05, 0.1) is 23.3 Å². The standard InChI is InChI=1S/C14H17F6NO/c1-3-7(2)12(22)11(21)9-6-8(13(15,16)17)4-5-10(9)14(18,19)20/h4-7,11-12,22H,3,21H2,1-2H3/t7?,11-,12+/m0/s1. The molecule has 0 aliphatic carbocycles. The summed E-state index contributed by atoms with van der Waals surface area (Å²) in [5.74, 6) is -0.453. The monoisotopic (exact) mass is 329 g/mol. The van der Waals surface area contributed by atoms with Crippen LogP contribution in [0.25, 0.3) is 0 Å². The predicted molar refractivity (Wildman–Crippen MR) is 68.8 cm³/mol. The first-order valence-corrected chi connectivity index (χ1v) is 6.61. The molecule has 126 valence electrons. The predicted octanol–water partition coefficient (Wildman–Crippen LogP) is 4.13. The van der Waals surface area contributed by atoms with E-state index in [-0.39, 0.29) is 0 Å². The van der Waals surface area contributed by atoms with Crippen molar-refractivity contribution >= 4 is 0 Å². The average molecular weight is 329 g/mol. The van der Waals surface area contributed by atoms with Gasteiger partial charge in [0.15, 0.2) is 0 Å². The fourth-order valence-electron chi connectivity index (χ4n) is 2.05. The summed E-state index contributed by atoms with van der Waals surface area (Å²) < 4.78 is 77.0. The molecule has 3 N–H and O–H groups in total. The maximum atomic E-state index is 13.0. The van der Waals surface area contributed by atoms with Crippen LogP contribution in [0.15, 0.2) is 18.2 Å². The second-order valence-corrected chi connectivity index (χ2v) is 5.20. The van der Waals surface area contributed by atoms with Crippen LogP contribution in [0.2, 0.25) is 0 Å². The van der Waals surface area contributed by atoms with Gasteiger partial charge in [0.25, 0.3) is 0 Å². The van der Waals surface area contributed by atoms with Crippen molar-refractivity contribution in [2.45, 2.75) is 44.8 Å². The van der Waals surface area contributed by atoms with Gasteiger partial charge in [0.1, 0.15) is 0 Å². The highest BCUT2D eigenvalue weighted by molar-refractivity contribution is 5.38. The Morgan fingerprint density at radius 2 is 1.64 bits per heavy atom. The minimum Gasteiger partial charge on any atom is -0.391 e. The van der Waals surface area contributed by atoms with E-state index in [0.717, 1.165) is 0 Å². The molecule has 0 amide bonds. The Morgan fingerprint density at radius 1 is 1.09 bits per heavy atom. The Balaban J connectivity index is 3.40. The second-order valence-electron chi connectivity index (χ2n) is 5.20. The van der Waals surface area contributed by atoms with E-state index in [4.69, 9.17) is 5.73 Å². The van der Waals surface area contributed by atoms with E-state index in [0.29, 0.717) is 24.6 Å². The zero-order valence-corrected chi connectivity index (χ0v) is 12.0. The van der Waals surface area contributed by atoms with Crippen molar-refractivity contribution in [1.29, 1.82) is 0 Å². The van der Waals surface area contributed by atoms with E-state index in [2.05, 4.69) is 0 Å². The lowest BCUT2D eigenvalue weighted by molar-refractivity contribution is -0.142. The van der Waals surface area contributed by atoms with Gasteiger partial charge in [-0.25, -0.2) is 0 Å². The van der Waals surface area contributed by atoms with Crippen LogP contribution in [0, 0.1) is 5.92 Å². The molecule has 0 spiro atoms. The molecule has 3 atom stereocenters. The number of nitrogens with two attached hydrogens (primary N) is 1. The number of halogens is 6. The van der Waals surface area contributed by atoms with Crippen LogP contribution in [0.4, 0.5) is 26.3 Å². The van der Waals surface area contributed by atoms with Crippen molar-refractivity contribution in [2.24, 2.45) is 11.7 Å². The van der Waals surface area contributed by atoms with Crippen molar-refractivity contribution in [2.75, 3.05) is 0 Å². The minimum atomic E-state index is -4.85. The van der Waals surface area contributed by atoms with Gasteiger partial charge in [-0.15, -0.1) is 0 Å². The third-order valence-electron chi connectivity index (χ3n) is 3.64. The quantitative estimate of drug-likeness (QED) is 0.816. The molecule has 1 rings (SSSR count). The zero-order valence-electron chi connectivity index (χ0n) is 12.0. The lowest BCUT2D eigenvalue weighted by atomic mass is 9.88. The Bertz CT molecular complexity index is 511. The molecule has 22 heavy (non-hydrogen) atoms. The molecule has 0 bridgehead atoms. The van der Waals surface area contributed by atoms with Crippen LogP contribution in [0.5, 0.6) is 0 Å². The molecule has 0 aliphatic heterocycles. The lowest BCUT2D eigenvalue weighted by Gasteiger charge is -2.27. The number of hydrogen-bond donors (Lipinski definition) is 2. The van der Waals surface area contributed by atoms with Crippen LogP contribution in [0.3, 0.4) is 0 Å². The van der Waals surface area contributed by atoms with Crippen molar-refractivity contribution in [1.82, 2.24) is 0 Å². The number of benzene rings is 1. The molecule has 1 aromatic carbocycles. The Hall–Kier alpha value is -1.28. The van der Waals surface area contributed by atoms with Crippen LogP contribution in [-0.4, -0.2) is 11.2 Å². The average Bonchev–Trinajstić information content (AvgIpc) is 2.42. The van der Waals surface area contributed by atoms with Crippen LogP contribution >= 0.6 is 0 Å². The highest BCUT2D eigenvalue weighted by atomic mass is 19.4. The largest absolute Gasteiger partial charge is 0.416 e. The molecule has 0 aliphatic rings. The van der Waals surface area contributed by atoms with Gasteiger partial charge in [-0.3, -0.25) is 0 Å². The fourth-order valence-corrected chi connectivity index (χ4v) is 2.05. The SMILES string of the molecule is CCC(C)[C@@H](O)[C@@H](N)c1cc(C(F)(F)F)ccc1C(F)(F)F. The summed E-state index contributed by atoms with van der Waals surface area (Å²) in [6.45, 7) is 3.25. The number of alkyl halides is 6. The summed E-state index contributed by atoms with van der Waals surface area (Å²) in [4.78, 5) is 0. The Morgan fingerprint density at radius 3 is 2.05 bits per heavy atom. The molecule has 8 heteroatoms. The van der Waals surface area contributed by atoms with Gasteiger partial charge in [0, 0.05) is 0 Å². The van der Waals surface area contributed by atoms with Crippen LogP contribution in [-0.2, 0) is 12.4 Å². The van der Waals surface area contributed by atoms with Crippen molar-refractivity contribution in [3.05, 3.63) is 34.9 Å². The molecule has 0 heterocycles. The van der Waals surface area contributed by atoms with Gasteiger partial charge < -0.3 is 10.8 Å². The van der Waals surface area contributed by atoms with E-state index < -0.39 is 47.1 Å². The minimum absolute atomic E-state index is 0.349. The molecule has 0 saturated carbocycles. The van der Waals surface area contributed by atoms with E-state index >= 15 is 0 Å². The van der Waals surface area contributed by atoms with Crippen LogP contribution in [0.1, 0.15) is 43.0 Å². The van der Waals surface area contributed by atoms with Crippen molar-refractivity contribution < 1.29 is 31.4 Å². The molecule has 0 radical (unpaired) electrons. The zero-order chi connectivity index (χ0) is 17.3. The van der Waals surface area contributed by atoms with E-state index in [1.165, 1.54) is 0 Å². The third-order valence-corrected chi connectivity index (χ3v) is 3.64. The number of aliphatic hydroxyl groups excluding tert-OH is 1. The van der Waals surface area contributed by atoms with Gasteiger partial charge in [-0.1, -0.05) is 20.3 Å². The number of hydrogen-bond acceptors (Lipinski definition) is 2. The number of aliphatic hydroxyl groups is 1. The first-order chi connectivity index (χ1) is 9.89. The second kappa shape index (κ2) is 6.45. The van der Waals surface area contributed by atoms with Crippen LogP contribution < -0.4 is 5.73 Å². The van der Waals surface area contributed by atoms with E-state index in [9.17, 15) is 31.4 Å². The molecular weight excluding hydrogens is 312 g/mol. The summed E-state index contributed by atoms with van der Waals surface area (Å²) in [7, 11) is 0. The third kappa shape index (κ3) is 4.13. The summed E-state index contributed by atoms with van der Waals surface area (Å²) >= 11 is 0. The van der Waals surface area contributed by atoms with Gasteiger partial charge >= 0.3 is 12.4 Å². The molecule has 0 aromatic heterocycles. The van der Waals surface area contributed by atoms with E-state index in [1.54, 1.807) is 13.8 Å². The summed E-state index contributed by atoms with van der Waals surface area (Å²) in [6.07, 6.45) is -10.6. The molecule has 2 nitrogen and oxygen atoms in total. The Kier molecular flexibility index (Phi) is 5.51. The lowest BCUT2D eigenvalue weighted by Crippen LogP contribution is -2.33. The highest BCUT2D eigenvalue weighted by Gasteiger charge is 2.39. The summed E-state index contributed by atoms with van der Waals surface area (Å²) in [5, 5.41) is 9.95. The topological polar surface area (TPSA) is 46.2 Å². The Labute approximate surface area is 123 Å². The fraction of sp³-hybridized carbons (Fsp3) is 0.571.